The van der Waals surface area contributed by atoms with Gasteiger partial charge in [0.05, 0.1) is 4.90 Å². The van der Waals surface area contributed by atoms with E-state index in [2.05, 4.69) is 4.90 Å². The number of hydrogen-bond acceptors (Lipinski definition) is 6. The number of rotatable bonds is 5. The molecule has 0 radical (unpaired) electrons. The number of carbonyl (C=O) groups excluding carboxylic acids is 1. The summed E-state index contributed by atoms with van der Waals surface area (Å²) in [6.07, 6.45) is 1.22. The minimum absolute atomic E-state index is 0.104. The van der Waals surface area contributed by atoms with Gasteiger partial charge in [-0.2, -0.15) is 4.31 Å². The molecule has 3 aliphatic heterocycles. The first-order valence-corrected chi connectivity index (χ1v) is 12.9. The van der Waals surface area contributed by atoms with E-state index in [1.54, 1.807) is 17.0 Å². The van der Waals surface area contributed by atoms with Crippen LogP contribution in [0.1, 0.15) is 18.4 Å². The van der Waals surface area contributed by atoms with E-state index in [1.807, 2.05) is 18.2 Å². The third kappa shape index (κ3) is 4.55. The standard InChI is InChI=1S/C23H26ClN3O5S/c24-18-4-6-19(7-5-18)33(29,30)27-9-1-2-20(27)23(28)26-12-10-25(11-13-26)15-17-3-8-21-22(14-17)32-16-31-21/h3-8,14,20H,1-2,9-13,15-16H2. The third-order valence-electron chi connectivity index (χ3n) is 6.44. The lowest BCUT2D eigenvalue weighted by molar-refractivity contribution is -0.136. The second kappa shape index (κ2) is 9.13. The normalized spacial score (nSPS) is 21.5. The van der Waals surface area contributed by atoms with E-state index in [9.17, 15) is 13.2 Å². The number of nitrogens with zero attached hydrogens (tertiary/aromatic N) is 3. The SMILES string of the molecule is O=C(C1CCCN1S(=O)(=O)c1ccc(Cl)cc1)N1CCN(Cc2ccc3c(c2)OCO3)CC1. The molecule has 1 atom stereocenters. The number of sulfonamides is 1. The maximum Gasteiger partial charge on any atom is 0.243 e. The fourth-order valence-corrected chi connectivity index (χ4v) is 6.43. The highest BCUT2D eigenvalue weighted by Gasteiger charge is 2.41. The van der Waals surface area contributed by atoms with Gasteiger partial charge in [0.25, 0.3) is 0 Å². The molecule has 0 saturated carbocycles. The molecule has 2 saturated heterocycles. The van der Waals surface area contributed by atoms with Crippen LogP contribution in [0.15, 0.2) is 47.4 Å². The van der Waals surface area contributed by atoms with Gasteiger partial charge in [0.1, 0.15) is 6.04 Å². The highest BCUT2D eigenvalue weighted by atomic mass is 35.5. The molecule has 176 valence electrons. The fourth-order valence-electron chi connectivity index (χ4n) is 4.65. The molecule has 33 heavy (non-hydrogen) atoms. The topological polar surface area (TPSA) is 79.4 Å². The average molecular weight is 492 g/mol. The molecule has 8 nitrogen and oxygen atoms in total. The summed E-state index contributed by atoms with van der Waals surface area (Å²) in [6, 6.07) is 11.4. The van der Waals surface area contributed by atoms with Gasteiger partial charge in [-0.25, -0.2) is 8.42 Å². The molecule has 2 fully saturated rings. The molecule has 5 rings (SSSR count). The number of halogens is 1. The number of carbonyl (C=O) groups is 1. The van der Waals surface area contributed by atoms with Gasteiger partial charge in [0, 0.05) is 44.3 Å². The van der Waals surface area contributed by atoms with Gasteiger partial charge in [-0.05, 0) is 54.8 Å². The van der Waals surface area contributed by atoms with Gasteiger partial charge in [-0.3, -0.25) is 9.69 Å². The summed E-state index contributed by atoms with van der Waals surface area (Å²) in [7, 11) is -3.75. The molecule has 1 unspecified atom stereocenters. The summed E-state index contributed by atoms with van der Waals surface area (Å²) in [4.78, 5) is 17.5. The molecule has 3 aliphatic rings. The smallest absolute Gasteiger partial charge is 0.243 e. The molecule has 10 heteroatoms. The minimum atomic E-state index is -3.75. The molecule has 2 aromatic rings. The van der Waals surface area contributed by atoms with Gasteiger partial charge in [0.2, 0.25) is 22.7 Å². The number of fused-ring (bicyclic) bond motifs is 1. The number of benzene rings is 2. The van der Waals surface area contributed by atoms with E-state index in [0.717, 1.165) is 36.7 Å². The lowest BCUT2D eigenvalue weighted by Gasteiger charge is -2.37. The van der Waals surface area contributed by atoms with Crippen LogP contribution in [-0.2, 0) is 21.4 Å². The summed E-state index contributed by atoms with van der Waals surface area (Å²) in [5.74, 6) is 1.43. The Bertz CT molecular complexity index is 1130. The van der Waals surface area contributed by atoms with Crippen molar-refractivity contribution < 1.29 is 22.7 Å². The quantitative estimate of drug-likeness (QED) is 0.639. The third-order valence-corrected chi connectivity index (χ3v) is 8.61. The Morgan fingerprint density at radius 2 is 1.70 bits per heavy atom. The highest BCUT2D eigenvalue weighted by Crippen LogP contribution is 2.33. The lowest BCUT2D eigenvalue weighted by Crippen LogP contribution is -2.54. The van der Waals surface area contributed by atoms with Crippen molar-refractivity contribution in [1.82, 2.24) is 14.1 Å². The van der Waals surface area contributed by atoms with Crippen LogP contribution in [0.25, 0.3) is 0 Å². The van der Waals surface area contributed by atoms with Crippen LogP contribution in [0.2, 0.25) is 5.02 Å². The van der Waals surface area contributed by atoms with Crippen molar-refractivity contribution in [2.45, 2.75) is 30.3 Å². The second-order valence-corrected chi connectivity index (χ2v) is 10.8. The summed E-state index contributed by atoms with van der Waals surface area (Å²) in [5, 5.41) is 0.474. The van der Waals surface area contributed by atoms with Crippen LogP contribution in [0.5, 0.6) is 11.5 Å². The van der Waals surface area contributed by atoms with E-state index >= 15 is 0 Å². The van der Waals surface area contributed by atoms with Gasteiger partial charge < -0.3 is 14.4 Å². The average Bonchev–Trinajstić information content (AvgIpc) is 3.49. The van der Waals surface area contributed by atoms with E-state index < -0.39 is 16.1 Å². The van der Waals surface area contributed by atoms with Crippen LogP contribution in [0, 0.1) is 0 Å². The molecule has 0 aromatic heterocycles. The van der Waals surface area contributed by atoms with Crippen LogP contribution in [0.4, 0.5) is 0 Å². The van der Waals surface area contributed by atoms with Crippen molar-refractivity contribution >= 4 is 27.5 Å². The predicted molar refractivity (Wildman–Crippen MR) is 123 cm³/mol. The fraction of sp³-hybridized carbons (Fsp3) is 0.435. The van der Waals surface area contributed by atoms with Crippen LogP contribution >= 0.6 is 11.6 Å². The van der Waals surface area contributed by atoms with E-state index in [4.69, 9.17) is 21.1 Å². The van der Waals surface area contributed by atoms with Gasteiger partial charge >= 0.3 is 0 Å². The first-order chi connectivity index (χ1) is 15.9. The number of hydrogen-bond donors (Lipinski definition) is 0. The van der Waals surface area contributed by atoms with Crippen LogP contribution in [0.3, 0.4) is 0 Å². The largest absolute Gasteiger partial charge is 0.454 e. The molecule has 0 N–H and O–H groups in total. The molecule has 0 aliphatic carbocycles. The zero-order chi connectivity index (χ0) is 23.0. The van der Waals surface area contributed by atoms with E-state index in [0.29, 0.717) is 37.5 Å². The maximum atomic E-state index is 13.3. The first kappa shape index (κ1) is 22.5. The first-order valence-electron chi connectivity index (χ1n) is 11.1. The highest BCUT2D eigenvalue weighted by molar-refractivity contribution is 7.89. The Morgan fingerprint density at radius 1 is 0.970 bits per heavy atom. The summed E-state index contributed by atoms with van der Waals surface area (Å²) >= 11 is 5.90. The zero-order valence-electron chi connectivity index (χ0n) is 18.2. The predicted octanol–water partition coefficient (Wildman–Crippen LogP) is 2.57. The second-order valence-electron chi connectivity index (χ2n) is 8.52. The molecular formula is C23H26ClN3O5S. The van der Waals surface area contributed by atoms with E-state index in [-0.39, 0.29) is 17.6 Å². The Balaban J connectivity index is 1.21. The lowest BCUT2D eigenvalue weighted by atomic mass is 10.1. The monoisotopic (exact) mass is 491 g/mol. The summed E-state index contributed by atoms with van der Waals surface area (Å²) in [6.45, 7) is 3.99. The summed E-state index contributed by atoms with van der Waals surface area (Å²) < 4.78 is 38.5. The Morgan fingerprint density at radius 3 is 2.45 bits per heavy atom. The van der Waals surface area contributed by atoms with Crippen molar-refractivity contribution in [3.05, 3.63) is 53.1 Å². The molecular weight excluding hydrogens is 466 g/mol. The van der Waals surface area contributed by atoms with Crippen molar-refractivity contribution in [3.8, 4) is 11.5 Å². The molecule has 0 bridgehead atoms. The summed E-state index contributed by atoms with van der Waals surface area (Å²) in [5.41, 5.74) is 1.13. The Kier molecular flexibility index (Phi) is 6.22. The number of piperazine rings is 1. The minimum Gasteiger partial charge on any atom is -0.454 e. The molecule has 1 amide bonds. The zero-order valence-corrected chi connectivity index (χ0v) is 19.7. The van der Waals surface area contributed by atoms with Crippen molar-refractivity contribution in [3.63, 3.8) is 0 Å². The molecule has 0 spiro atoms. The Labute approximate surface area is 198 Å². The maximum absolute atomic E-state index is 13.3. The van der Waals surface area contributed by atoms with Gasteiger partial charge in [-0.1, -0.05) is 17.7 Å². The van der Waals surface area contributed by atoms with Crippen LogP contribution in [-0.4, -0.2) is 74.0 Å². The molecule has 3 heterocycles. The van der Waals surface area contributed by atoms with Gasteiger partial charge in [0.15, 0.2) is 11.5 Å². The number of ether oxygens (including phenoxy) is 2. The number of amides is 1. The van der Waals surface area contributed by atoms with E-state index in [1.165, 1.54) is 16.4 Å². The van der Waals surface area contributed by atoms with Crippen molar-refractivity contribution in [1.29, 1.82) is 0 Å². The van der Waals surface area contributed by atoms with Crippen LogP contribution < -0.4 is 9.47 Å². The van der Waals surface area contributed by atoms with Crippen molar-refractivity contribution in [2.75, 3.05) is 39.5 Å². The van der Waals surface area contributed by atoms with Gasteiger partial charge in [-0.15, -0.1) is 0 Å². The molecule has 2 aromatic carbocycles. The van der Waals surface area contributed by atoms with Crippen molar-refractivity contribution in [2.24, 2.45) is 0 Å². The Hall–Kier alpha value is -2.33.